The van der Waals surface area contributed by atoms with E-state index in [1.54, 1.807) is 0 Å². The van der Waals surface area contributed by atoms with Crippen LogP contribution in [0, 0.1) is 0 Å². The van der Waals surface area contributed by atoms with Gasteiger partial charge >= 0.3 is 0 Å². The van der Waals surface area contributed by atoms with Gasteiger partial charge in [0.25, 0.3) is 0 Å². The third-order valence-corrected chi connectivity index (χ3v) is 5.87. The summed E-state index contributed by atoms with van der Waals surface area (Å²) in [5.74, 6) is 1.55. The van der Waals surface area contributed by atoms with Crippen LogP contribution >= 0.6 is 11.8 Å². The fraction of sp³-hybridized carbons (Fsp3) is 0.300. The molecule has 140 valence electrons. The highest BCUT2D eigenvalue weighted by molar-refractivity contribution is 8.01. The highest BCUT2D eigenvalue weighted by Gasteiger charge is 2.24. The Hall–Kier alpha value is -2.67. The van der Waals surface area contributed by atoms with E-state index < -0.39 is 0 Å². The summed E-state index contributed by atoms with van der Waals surface area (Å²) in [5, 5.41) is 5.62. The summed E-state index contributed by atoms with van der Waals surface area (Å²) < 4.78 is 10.6. The summed E-state index contributed by atoms with van der Waals surface area (Å²) in [5.41, 5.74) is 2.96. The molecule has 2 aromatic carbocycles. The second-order valence-corrected chi connectivity index (χ2v) is 7.64. The molecule has 0 bridgehead atoms. The molecule has 7 heteroatoms. The molecule has 2 amide bonds. The van der Waals surface area contributed by atoms with E-state index in [0.29, 0.717) is 12.3 Å². The predicted octanol–water partition coefficient (Wildman–Crippen LogP) is 2.72. The van der Waals surface area contributed by atoms with Gasteiger partial charge in [0.2, 0.25) is 18.6 Å². The lowest BCUT2D eigenvalue weighted by atomic mass is 10.1. The summed E-state index contributed by atoms with van der Waals surface area (Å²) in [6.45, 7) is 0.646. The van der Waals surface area contributed by atoms with Crippen molar-refractivity contribution in [1.29, 1.82) is 0 Å². The molecule has 0 radical (unpaired) electrons. The highest BCUT2D eigenvalue weighted by Crippen LogP contribution is 2.32. The molecule has 0 fully saturated rings. The van der Waals surface area contributed by atoms with Crippen LogP contribution in [0.2, 0.25) is 0 Å². The van der Waals surface area contributed by atoms with E-state index in [9.17, 15) is 9.59 Å². The van der Waals surface area contributed by atoms with Crippen LogP contribution < -0.4 is 20.1 Å². The first kappa shape index (κ1) is 17.7. The van der Waals surface area contributed by atoms with Gasteiger partial charge < -0.3 is 20.1 Å². The van der Waals surface area contributed by atoms with Crippen LogP contribution in [0.3, 0.4) is 0 Å². The Morgan fingerprint density at radius 1 is 1.19 bits per heavy atom. The average molecular weight is 384 g/mol. The Kier molecular flexibility index (Phi) is 5.20. The number of benzene rings is 2. The van der Waals surface area contributed by atoms with Crippen LogP contribution in [0.4, 0.5) is 5.69 Å². The number of hydrogen-bond donors (Lipinski definition) is 2. The minimum atomic E-state index is -0.228. The first-order chi connectivity index (χ1) is 13.2. The van der Waals surface area contributed by atoms with Crippen LogP contribution in [0.1, 0.15) is 17.5 Å². The number of carbonyl (C=O) groups excluding carboxylic acids is 2. The number of thioether (sulfide) groups is 1. The SMILES string of the molecule is O=C(CSC1CCc2ccccc2NC1=O)NCc1ccc2c(c1)OCO2. The number of rotatable bonds is 5. The van der Waals surface area contributed by atoms with Crippen LogP contribution in [0.15, 0.2) is 42.5 Å². The summed E-state index contributed by atoms with van der Waals surface area (Å²) in [6.07, 6.45) is 1.55. The number of carbonyl (C=O) groups is 2. The second kappa shape index (κ2) is 7.92. The molecule has 0 aromatic heterocycles. The highest BCUT2D eigenvalue weighted by atomic mass is 32.2. The fourth-order valence-corrected chi connectivity index (χ4v) is 4.08. The average Bonchev–Trinajstić information content (AvgIpc) is 3.08. The van der Waals surface area contributed by atoms with E-state index in [2.05, 4.69) is 10.6 Å². The molecule has 0 saturated carbocycles. The van der Waals surface area contributed by atoms with Gasteiger partial charge in [-0.3, -0.25) is 9.59 Å². The van der Waals surface area contributed by atoms with Crippen molar-refractivity contribution in [3.63, 3.8) is 0 Å². The molecule has 2 aromatic rings. The summed E-state index contributed by atoms with van der Waals surface area (Å²) in [6, 6.07) is 13.4. The number of aryl methyl sites for hydroxylation is 1. The molecule has 2 heterocycles. The Morgan fingerprint density at radius 2 is 2.04 bits per heavy atom. The van der Waals surface area contributed by atoms with Gasteiger partial charge in [-0.05, 0) is 42.2 Å². The van der Waals surface area contributed by atoms with E-state index in [0.717, 1.165) is 35.4 Å². The van der Waals surface area contributed by atoms with E-state index in [1.165, 1.54) is 11.8 Å². The van der Waals surface area contributed by atoms with Crippen molar-refractivity contribution in [2.24, 2.45) is 0 Å². The predicted molar refractivity (Wildman–Crippen MR) is 104 cm³/mol. The van der Waals surface area contributed by atoms with Gasteiger partial charge in [-0.2, -0.15) is 0 Å². The maximum absolute atomic E-state index is 12.4. The van der Waals surface area contributed by atoms with Gasteiger partial charge in [0, 0.05) is 12.2 Å². The zero-order valence-corrected chi connectivity index (χ0v) is 15.5. The molecular weight excluding hydrogens is 364 g/mol. The number of amides is 2. The molecule has 0 spiro atoms. The van der Waals surface area contributed by atoms with Gasteiger partial charge in [-0.25, -0.2) is 0 Å². The third kappa shape index (κ3) is 4.19. The first-order valence-corrected chi connectivity index (χ1v) is 9.89. The topological polar surface area (TPSA) is 76.7 Å². The van der Waals surface area contributed by atoms with Crippen molar-refractivity contribution in [3.05, 3.63) is 53.6 Å². The minimum absolute atomic E-state index is 0.0338. The first-order valence-electron chi connectivity index (χ1n) is 8.84. The molecule has 6 nitrogen and oxygen atoms in total. The number of nitrogens with one attached hydrogen (secondary N) is 2. The maximum Gasteiger partial charge on any atom is 0.237 e. The number of hydrogen-bond acceptors (Lipinski definition) is 5. The second-order valence-electron chi connectivity index (χ2n) is 6.45. The fourth-order valence-electron chi connectivity index (χ4n) is 3.13. The third-order valence-electron chi connectivity index (χ3n) is 4.59. The van der Waals surface area contributed by atoms with Crippen molar-refractivity contribution >= 4 is 29.3 Å². The Balaban J connectivity index is 1.26. The molecule has 1 unspecified atom stereocenters. The van der Waals surface area contributed by atoms with Crippen molar-refractivity contribution in [2.45, 2.75) is 24.6 Å². The molecule has 2 N–H and O–H groups in total. The quantitative estimate of drug-likeness (QED) is 0.829. The van der Waals surface area contributed by atoms with E-state index in [4.69, 9.17) is 9.47 Å². The molecule has 2 aliphatic rings. The number of ether oxygens (including phenoxy) is 2. The molecular formula is C20H20N2O4S. The summed E-state index contributed by atoms with van der Waals surface area (Å²) in [4.78, 5) is 24.6. The largest absolute Gasteiger partial charge is 0.454 e. The van der Waals surface area contributed by atoms with Crippen molar-refractivity contribution in [3.8, 4) is 11.5 Å². The molecule has 0 saturated heterocycles. The van der Waals surface area contributed by atoms with E-state index in [1.807, 2.05) is 42.5 Å². The normalized spacial score (nSPS) is 17.6. The zero-order valence-electron chi connectivity index (χ0n) is 14.7. The van der Waals surface area contributed by atoms with Gasteiger partial charge in [0.05, 0.1) is 11.0 Å². The number of anilines is 1. The van der Waals surface area contributed by atoms with Crippen LogP contribution in [0.25, 0.3) is 0 Å². The lowest BCUT2D eigenvalue weighted by Crippen LogP contribution is -2.29. The molecule has 4 rings (SSSR count). The molecule has 27 heavy (non-hydrogen) atoms. The van der Waals surface area contributed by atoms with Crippen molar-refractivity contribution in [2.75, 3.05) is 17.9 Å². The van der Waals surface area contributed by atoms with Gasteiger partial charge in [0.15, 0.2) is 11.5 Å². The maximum atomic E-state index is 12.4. The van der Waals surface area contributed by atoms with Crippen molar-refractivity contribution < 1.29 is 19.1 Å². The summed E-state index contributed by atoms with van der Waals surface area (Å²) >= 11 is 1.38. The summed E-state index contributed by atoms with van der Waals surface area (Å²) in [7, 11) is 0. The van der Waals surface area contributed by atoms with Gasteiger partial charge in [0.1, 0.15) is 0 Å². The number of fused-ring (bicyclic) bond motifs is 2. The molecule has 1 atom stereocenters. The number of para-hydroxylation sites is 1. The van der Waals surface area contributed by atoms with Gasteiger partial charge in [-0.15, -0.1) is 11.8 Å². The zero-order chi connectivity index (χ0) is 18.6. The van der Waals surface area contributed by atoms with Crippen LogP contribution in [-0.4, -0.2) is 29.6 Å². The monoisotopic (exact) mass is 384 g/mol. The van der Waals surface area contributed by atoms with E-state index >= 15 is 0 Å². The minimum Gasteiger partial charge on any atom is -0.454 e. The Bertz CT molecular complexity index is 871. The van der Waals surface area contributed by atoms with Crippen LogP contribution in [0.5, 0.6) is 11.5 Å². The smallest absolute Gasteiger partial charge is 0.237 e. The lowest BCUT2D eigenvalue weighted by Gasteiger charge is -2.13. The molecule has 0 aliphatic carbocycles. The van der Waals surface area contributed by atoms with Crippen molar-refractivity contribution in [1.82, 2.24) is 5.32 Å². The molecule has 2 aliphatic heterocycles. The van der Waals surface area contributed by atoms with E-state index in [-0.39, 0.29) is 29.6 Å². The Morgan fingerprint density at radius 3 is 2.96 bits per heavy atom. The van der Waals surface area contributed by atoms with Crippen LogP contribution in [-0.2, 0) is 22.6 Å². The lowest BCUT2D eigenvalue weighted by molar-refractivity contribution is -0.118. The Labute approximate surface area is 161 Å². The van der Waals surface area contributed by atoms with Gasteiger partial charge in [-0.1, -0.05) is 24.3 Å². The standard InChI is InChI=1S/C20H20N2O4S/c23-19(21-10-13-5-7-16-17(9-13)26-12-25-16)11-27-18-8-6-14-3-1-2-4-15(14)22-20(18)24/h1-5,7,9,18H,6,8,10-12H2,(H,21,23)(H,22,24).